The van der Waals surface area contributed by atoms with Gasteiger partial charge >= 0.3 is 0 Å². The zero-order valence-corrected chi connectivity index (χ0v) is 26.1. The Hall–Kier alpha value is -2.58. The lowest BCUT2D eigenvalue weighted by Gasteiger charge is -2.33. The van der Waals surface area contributed by atoms with E-state index in [-0.39, 0.29) is 11.8 Å². The highest BCUT2D eigenvalue weighted by Crippen LogP contribution is 2.39. The van der Waals surface area contributed by atoms with Crippen LogP contribution in [0.1, 0.15) is 88.8 Å². The van der Waals surface area contributed by atoms with Crippen molar-refractivity contribution >= 4 is 26.3 Å². The van der Waals surface area contributed by atoms with Crippen LogP contribution >= 0.6 is 11.3 Å². The molecule has 3 aromatic rings. The number of ether oxygens (including phenoxy) is 2. The Morgan fingerprint density at radius 2 is 1.38 bits per heavy atom. The van der Waals surface area contributed by atoms with Crippen molar-refractivity contribution < 1.29 is 17.9 Å². The average Bonchev–Trinajstić information content (AvgIpc) is 3.42. The molecule has 0 saturated carbocycles. The molecule has 212 valence electrons. The van der Waals surface area contributed by atoms with Crippen molar-refractivity contribution in [3.8, 4) is 22.8 Å². The second kappa shape index (κ2) is 11.9. The van der Waals surface area contributed by atoms with Gasteiger partial charge in [0.1, 0.15) is 11.5 Å². The van der Waals surface area contributed by atoms with Crippen molar-refractivity contribution in [1.82, 2.24) is 4.98 Å². The fourth-order valence-electron chi connectivity index (χ4n) is 5.24. The van der Waals surface area contributed by atoms with E-state index in [1.165, 1.54) is 5.56 Å². The zero-order chi connectivity index (χ0) is 28.5. The predicted molar refractivity (Wildman–Crippen MR) is 162 cm³/mol. The zero-order valence-electron chi connectivity index (χ0n) is 24.4. The minimum Gasteiger partial charge on any atom is -0.497 e. The van der Waals surface area contributed by atoms with E-state index in [0.29, 0.717) is 48.2 Å². The van der Waals surface area contributed by atoms with Crippen LogP contribution in [0.15, 0.2) is 40.6 Å². The van der Waals surface area contributed by atoms with E-state index in [0.717, 1.165) is 27.5 Å². The number of benzene rings is 2. The highest BCUT2D eigenvalue weighted by molar-refractivity contribution is 7.92. The molecule has 0 unspecified atom stereocenters. The van der Waals surface area contributed by atoms with Crippen molar-refractivity contribution in [2.24, 2.45) is 0 Å². The van der Waals surface area contributed by atoms with Crippen molar-refractivity contribution in [1.29, 1.82) is 0 Å². The Labute approximate surface area is 238 Å². The van der Waals surface area contributed by atoms with Gasteiger partial charge in [-0.25, -0.2) is 13.4 Å². The summed E-state index contributed by atoms with van der Waals surface area (Å²) in [5.74, 6) is 2.05. The van der Waals surface area contributed by atoms with Gasteiger partial charge in [-0.2, -0.15) is 0 Å². The van der Waals surface area contributed by atoms with Gasteiger partial charge in [0, 0.05) is 30.1 Å². The number of rotatable bonds is 9. The molecule has 0 atom stereocenters. The Morgan fingerprint density at radius 1 is 0.846 bits per heavy atom. The Morgan fingerprint density at radius 3 is 1.85 bits per heavy atom. The Balaban J connectivity index is 1.58. The van der Waals surface area contributed by atoms with Crippen LogP contribution in [0.5, 0.6) is 11.5 Å². The van der Waals surface area contributed by atoms with Crippen LogP contribution in [0, 0.1) is 0 Å². The summed E-state index contributed by atoms with van der Waals surface area (Å²) in [5.41, 5.74) is 4.93. The maximum atomic E-state index is 14.2. The largest absolute Gasteiger partial charge is 0.497 e. The summed E-state index contributed by atoms with van der Waals surface area (Å²) >= 11 is 1.58. The first-order chi connectivity index (χ1) is 18.5. The molecule has 0 aliphatic carbocycles. The van der Waals surface area contributed by atoms with E-state index in [1.54, 1.807) is 25.6 Å². The van der Waals surface area contributed by atoms with Crippen LogP contribution in [0.25, 0.3) is 11.3 Å². The van der Waals surface area contributed by atoms with Gasteiger partial charge in [-0.1, -0.05) is 53.7 Å². The van der Waals surface area contributed by atoms with Gasteiger partial charge in [0.2, 0.25) is 0 Å². The smallest absolute Gasteiger partial charge is 0.185 e. The highest BCUT2D eigenvalue weighted by atomic mass is 32.2. The first kappa shape index (κ1) is 29.4. The third kappa shape index (κ3) is 6.12. The standard InChI is InChI=1S/C31H42N2O4S2/c1-19(2)22-15-27(20(3)4)30(28(16-22)21(5)6)39(34,35)26-9-11-33(12-10-26)31-32-29(18-38-31)23-13-24(36-7)17-25(14-23)37-8/h13-21,26H,9-12H2,1-8H3. The fraction of sp³-hybridized carbons (Fsp3) is 0.516. The second-order valence-corrected chi connectivity index (χ2v) is 14.3. The topological polar surface area (TPSA) is 68.7 Å². The van der Waals surface area contributed by atoms with Gasteiger partial charge in [-0.05, 0) is 59.4 Å². The van der Waals surface area contributed by atoms with Crippen LogP contribution in [0.2, 0.25) is 0 Å². The molecule has 2 aromatic carbocycles. The molecule has 2 heterocycles. The number of sulfone groups is 1. The number of methoxy groups -OCH3 is 2. The highest BCUT2D eigenvalue weighted by Gasteiger charge is 2.36. The summed E-state index contributed by atoms with van der Waals surface area (Å²) < 4.78 is 39.3. The molecule has 1 fully saturated rings. The van der Waals surface area contributed by atoms with Crippen LogP contribution < -0.4 is 14.4 Å². The molecule has 1 aromatic heterocycles. The molecule has 8 heteroatoms. The van der Waals surface area contributed by atoms with Gasteiger partial charge in [-0.3, -0.25) is 0 Å². The molecule has 39 heavy (non-hydrogen) atoms. The van der Waals surface area contributed by atoms with Crippen LogP contribution in [-0.2, 0) is 9.84 Å². The van der Waals surface area contributed by atoms with Crippen LogP contribution in [-0.4, -0.2) is 46.0 Å². The molecule has 6 nitrogen and oxygen atoms in total. The van der Waals surface area contributed by atoms with Crippen molar-refractivity contribution in [3.63, 3.8) is 0 Å². The average molecular weight is 571 g/mol. The number of thiazole rings is 1. The summed E-state index contributed by atoms with van der Waals surface area (Å²) in [4.78, 5) is 7.68. The lowest BCUT2D eigenvalue weighted by molar-refractivity contribution is 0.394. The minimum absolute atomic E-state index is 0.134. The fourth-order valence-corrected chi connectivity index (χ4v) is 8.54. The molecular weight excluding hydrogens is 528 g/mol. The van der Waals surface area contributed by atoms with Gasteiger partial charge in [0.05, 0.1) is 30.1 Å². The third-order valence-corrected chi connectivity index (χ3v) is 10.9. The summed E-state index contributed by atoms with van der Waals surface area (Å²) in [6.45, 7) is 14.1. The molecule has 0 N–H and O–H groups in total. The molecule has 0 spiro atoms. The van der Waals surface area contributed by atoms with E-state index in [9.17, 15) is 8.42 Å². The molecule has 0 amide bonds. The quantitative estimate of drug-likeness (QED) is 0.263. The first-order valence-corrected chi connectivity index (χ1v) is 16.2. The summed E-state index contributed by atoms with van der Waals surface area (Å²) in [5, 5.41) is 2.55. The lowest BCUT2D eigenvalue weighted by atomic mass is 9.89. The molecular formula is C31H42N2O4S2. The molecule has 0 bridgehead atoms. The van der Waals surface area contributed by atoms with Crippen LogP contribution in [0.3, 0.4) is 0 Å². The van der Waals surface area contributed by atoms with Gasteiger partial charge in [0.25, 0.3) is 0 Å². The van der Waals surface area contributed by atoms with Crippen molar-refractivity contribution in [2.45, 2.75) is 82.3 Å². The number of anilines is 1. The van der Waals surface area contributed by atoms with Crippen molar-refractivity contribution in [3.05, 3.63) is 52.4 Å². The SMILES string of the molecule is COc1cc(OC)cc(-c2csc(N3CCC(S(=O)(=O)c4c(C(C)C)cc(C(C)C)cc4C(C)C)CC3)n2)c1. The van der Waals surface area contributed by atoms with Crippen molar-refractivity contribution in [2.75, 3.05) is 32.2 Å². The number of piperidine rings is 1. The summed E-state index contributed by atoms with van der Waals surface area (Å²) in [6.07, 6.45) is 1.18. The number of hydrogen-bond acceptors (Lipinski definition) is 7. The Kier molecular flexibility index (Phi) is 8.96. The molecule has 1 saturated heterocycles. The lowest BCUT2D eigenvalue weighted by Crippen LogP contribution is -2.39. The molecule has 4 rings (SSSR count). The summed E-state index contributed by atoms with van der Waals surface area (Å²) in [7, 11) is -0.216. The maximum absolute atomic E-state index is 14.2. The molecule has 1 aliphatic heterocycles. The van der Waals surface area contributed by atoms with E-state index in [1.807, 2.05) is 23.6 Å². The monoisotopic (exact) mass is 570 g/mol. The van der Waals surface area contributed by atoms with E-state index >= 15 is 0 Å². The predicted octanol–water partition coefficient (Wildman–Crippen LogP) is 7.64. The van der Waals surface area contributed by atoms with E-state index < -0.39 is 15.1 Å². The normalized spacial score (nSPS) is 15.0. The third-order valence-electron chi connectivity index (χ3n) is 7.65. The van der Waals surface area contributed by atoms with E-state index in [2.05, 4.69) is 58.6 Å². The maximum Gasteiger partial charge on any atom is 0.185 e. The van der Waals surface area contributed by atoms with Gasteiger partial charge in [0.15, 0.2) is 15.0 Å². The number of hydrogen-bond donors (Lipinski definition) is 0. The number of nitrogens with zero attached hydrogens (tertiary/aromatic N) is 2. The van der Waals surface area contributed by atoms with Crippen LogP contribution in [0.4, 0.5) is 5.13 Å². The first-order valence-electron chi connectivity index (χ1n) is 13.8. The number of aromatic nitrogens is 1. The summed E-state index contributed by atoms with van der Waals surface area (Å²) in [6, 6.07) is 10.0. The minimum atomic E-state index is -3.49. The Bertz CT molecular complexity index is 1350. The molecule has 1 aliphatic rings. The van der Waals surface area contributed by atoms with Gasteiger partial charge in [-0.15, -0.1) is 11.3 Å². The van der Waals surface area contributed by atoms with E-state index in [4.69, 9.17) is 14.5 Å². The van der Waals surface area contributed by atoms with Gasteiger partial charge < -0.3 is 14.4 Å². The second-order valence-electron chi connectivity index (χ2n) is 11.3. The molecule has 0 radical (unpaired) electrons.